The molecular weight excluding hydrogens is 375 g/mol. The Bertz CT molecular complexity index is 878. The Balaban J connectivity index is 1.69. The van der Waals surface area contributed by atoms with Gasteiger partial charge in [-0.3, -0.25) is 4.79 Å². The standard InChI is InChI=1S/C18H19FN2O3S2/c1-13(18(22)14-4-6-15(19)7-5-14)25-17-9-8-16(12-20-17)26(23,24)21-10-2-3-11-21/h4-9,12-13H,2-3,10-11H2,1H3/t13-/m0/s1. The van der Waals surface area contributed by atoms with Crippen molar-refractivity contribution < 1.29 is 17.6 Å². The number of benzene rings is 1. The second kappa shape index (κ2) is 7.85. The molecule has 8 heteroatoms. The van der Waals surface area contributed by atoms with Crippen LogP contribution >= 0.6 is 11.8 Å². The smallest absolute Gasteiger partial charge is 0.244 e. The molecule has 0 amide bonds. The van der Waals surface area contributed by atoms with E-state index in [9.17, 15) is 17.6 Å². The van der Waals surface area contributed by atoms with Crippen molar-refractivity contribution in [3.63, 3.8) is 0 Å². The van der Waals surface area contributed by atoms with Crippen LogP contribution in [0.2, 0.25) is 0 Å². The summed E-state index contributed by atoms with van der Waals surface area (Å²) in [5, 5.41) is 0.141. The molecule has 1 fully saturated rings. The number of thioether (sulfide) groups is 1. The van der Waals surface area contributed by atoms with Crippen LogP contribution in [0.4, 0.5) is 4.39 Å². The van der Waals surface area contributed by atoms with E-state index in [2.05, 4.69) is 4.98 Å². The van der Waals surface area contributed by atoms with E-state index < -0.39 is 21.1 Å². The molecule has 1 atom stereocenters. The zero-order valence-corrected chi connectivity index (χ0v) is 15.9. The first-order chi connectivity index (χ1) is 12.4. The van der Waals surface area contributed by atoms with Crippen LogP contribution in [-0.4, -0.2) is 41.8 Å². The highest BCUT2D eigenvalue weighted by Crippen LogP contribution is 2.26. The molecule has 1 saturated heterocycles. The number of rotatable bonds is 6. The average Bonchev–Trinajstić information content (AvgIpc) is 3.18. The van der Waals surface area contributed by atoms with E-state index in [0.29, 0.717) is 23.7 Å². The average molecular weight is 394 g/mol. The summed E-state index contributed by atoms with van der Waals surface area (Å²) in [6.07, 6.45) is 3.10. The van der Waals surface area contributed by atoms with Crippen LogP contribution in [-0.2, 0) is 10.0 Å². The number of hydrogen-bond donors (Lipinski definition) is 0. The van der Waals surface area contributed by atoms with Crippen molar-refractivity contribution in [1.82, 2.24) is 9.29 Å². The number of carbonyl (C=O) groups excluding carboxylic acids is 1. The van der Waals surface area contributed by atoms with Crippen molar-refractivity contribution in [3.05, 3.63) is 54.0 Å². The van der Waals surface area contributed by atoms with E-state index in [-0.39, 0.29) is 10.7 Å². The van der Waals surface area contributed by atoms with Gasteiger partial charge in [0.1, 0.15) is 10.7 Å². The molecule has 0 bridgehead atoms. The fourth-order valence-corrected chi connectivity index (χ4v) is 5.08. The Kier molecular flexibility index (Phi) is 5.74. The molecule has 1 aromatic heterocycles. The predicted molar refractivity (Wildman–Crippen MR) is 98.3 cm³/mol. The molecule has 1 aliphatic rings. The van der Waals surface area contributed by atoms with E-state index in [1.807, 2.05) is 0 Å². The minimum absolute atomic E-state index is 0.134. The third kappa shape index (κ3) is 4.13. The lowest BCUT2D eigenvalue weighted by atomic mass is 10.1. The molecule has 1 aromatic carbocycles. The number of sulfonamides is 1. The highest BCUT2D eigenvalue weighted by Gasteiger charge is 2.27. The highest BCUT2D eigenvalue weighted by molar-refractivity contribution is 8.00. The van der Waals surface area contributed by atoms with Crippen LogP contribution in [0.3, 0.4) is 0 Å². The molecule has 1 aliphatic heterocycles. The maximum Gasteiger partial charge on any atom is 0.244 e. The summed E-state index contributed by atoms with van der Waals surface area (Å²) in [6.45, 7) is 2.83. The Hall–Kier alpha value is -1.77. The molecule has 0 aliphatic carbocycles. The molecule has 0 spiro atoms. The summed E-state index contributed by atoms with van der Waals surface area (Å²) in [5.74, 6) is -0.524. The second-order valence-electron chi connectivity index (χ2n) is 6.07. The summed E-state index contributed by atoms with van der Waals surface area (Å²) in [5.41, 5.74) is 0.430. The first-order valence-electron chi connectivity index (χ1n) is 8.30. The van der Waals surface area contributed by atoms with Gasteiger partial charge in [-0.15, -0.1) is 0 Å². The quantitative estimate of drug-likeness (QED) is 0.555. The lowest BCUT2D eigenvalue weighted by Gasteiger charge is -2.15. The molecule has 5 nitrogen and oxygen atoms in total. The molecule has 3 rings (SSSR count). The normalized spacial score (nSPS) is 16.5. The molecule has 138 valence electrons. The maximum atomic E-state index is 13.0. The minimum Gasteiger partial charge on any atom is -0.293 e. The fourth-order valence-electron chi connectivity index (χ4n) is 2.75. The van der Waals surface area contributed by atoms with E-state index in [1.54, 1.807) is 13.0 Å². The summed E-state index contributed by atoms with van der Waals surface area (Å²) in [7, 11) is -3.49. The van der Waals surface area contributed by atoms with Crippen LogP contribution in [0.15, 0.2) is 52.5 Å². The number of carbonyl (C=O) groups is 1. The van der Waals surface area contributed by atoms with Gasteiger partial charge in [-0.05, 0) is 56.2 Å². The van der Waals surface area contributed by atoms with Crippen LogP contribution in [0.5, 0.6) is 0 Å². The minimum atomic E-state index is -3.49. The molecule has 0 saturated carbocycles. The summed E-state index contributed by atoms with van der Waals surface area (Å²) >= 11 is 1.24. The monoisotopic (exact) mass is 394 g/mol. The lowest BCUT2D eigenvalue weighted by Crippen LogP contribution is -2.27. The van der Waals surface area contributed by atoms with E-state index >= 15 is 0 Å². The van der Waals surface area contributed by atoms with Gasteiger partial charge in [0, 0.05) is 24.8 Å². The molecule has 26 heavy (non-hydrogen) atoms. The van der Waals surface area contributed by atoms with Crippen molar-refractivity contribution >= 4 is 27.6 Å². The third-order valence-corrected chi connectivity index (χ3v) is 7.14. The number of halogens is 1. The van der Waals surface area contributed by atoms with Crippen LogP contribution in [0.25, 0.3) is 0 Å². The van der Waals surface area contributed by atoms with Gasteiger partial charge in [0.25, 0.3) is 0 Å². The van der Waals surface area contributed by atoms with Gasteiger partial charge in [0.05, 0.1) is 10.3 Å². The van der Waals surface area contributed by atoms with Gasteiger partial charge in [0.15, 0.2) is 5.78 Å². The molecule has 2 aromatic rings. The van der Waals surface area contributed by atoms with Crippen molar-refractivity contribution in [2.45, 2.75) is 34.9 Å². The highest BCUT2D eigenvalue weighted by atomic mass is 32.2. The Morgan fingerprint density at radius 2 is 1.81 bits per heavy atom. The lowest BCUT2D eigenvalue weighted by molar-refractivity contribution is 0.0994. The second-order valence-corrected chi connectivity index (χ2v) is 9.37. The number of hydrogen-bond acceptors (Lipinski definition) is 5. The van der Waals surface area contributed by atoms with E-state index in [0.717, 1.165) is 12.8 Å². The van der Waals surface area contributed by atoms with Gasteiger partial charge in [-0.25, -0.2) is 17.8 Å². The number of ketones is 1. The Morgan fingerprint density at radius 3 is 2.38 bits per heavy atom. The first kappa shape index (κ1) is 19.0. The molecule has 0 radical (unpaired) electrons. The number of Topliss-reactive ketones (excluding diaryl/α,β-unsaturated/α-hetero) is 1. The van der Waals surface area contributed by atoms with Crippen molar-refractivity contribution in [1.29, 1.82) is 0 Å². The largest absolute Gasteiger partial charge is 0.293 e. The van der Waals surface area contributed by atoms with Gasteiger partial charge >= 0.3 is 0 Å². The van der Waals surface area contributed by atoms with E-state index in [4.69, 9.17) is 0 Å². The van der Waals surface area contributed by atoms with Gasteiger partial charge in [-0.1, -0.05) is 11.8 Å². The van der Waals surface area contributed by atoms with Gasteiger partial charge in [-0.2, -0.15) is 4.31 Å². The third-order valence-electron chi connectivity index (χ3n) is 4.21. The predicted octanol–water partition coefficient (Wildman–Crippen LogP) is 3.37. The fraction of sp³-hybridized carbons (Fsp3) is 0.333. The molecule has 0 N–H and O–H groups in total. The summed E-state index contributed by atoms with van der Waals surface area (Å²) in [4.78, 5) is 16.7. The van der Waals surface area contributed by atoms with Crippen molar-refractivity contribution in [2.24, 2.45) is 0 Å². The SMILES string of the molecule is C[C@H](Sc1ccc(S(=O)(=O)N2CCCC2)cn1)C(=O)c1ccc(F)cc1. The van der Waals surface area contributed by atoms with Crippen LogP contribution in [0, 0.1) is 5.82 Å². The zero-order chi connectivity index (χ0) is 18.7. The Morgan fingerprint density at radius 1 is 1.15 bits per heavy atom. The van der Waals surface area contributed by atoms with Crippen LogP contribution in [0.1, 0.15) is 30.1 Å². The molecule has 2 heterocycles. The maximum absolute atomic E-state index is 13.0. The zero-order valence-electron chi connectivity index (χ0n) is 14.3. The molecule has 0 unspecified atom stereocenters. The first-order valence-corrected chi connectivity index (χ1v) is 10.6. The molecular formula is C18H19FN2O3S2. The number of aromatic nitrogens is 1. The van der Waals surface area contributed by atoms with Gasteiger partial charge in [0.2, 0.25) is 10.0 Å². The topological polar surface area (TPSA) is 67.3 Å². The summed E-state index contributed by atoms with van der Waals surface area (Å²) in [6, 6.07) is 8.55. The van der Waals surface area contributed by atoms with Crippen LogP contribution < -0.4 is 0 Å². The van der Waals surface area contributed by atoms with Gasteiger partial charge < -0.3 is 0 Å². The number of nitrogens with zero attached hydrogens (tertiary/aromatic N) is 2. The number of pyridine rings is 1. The van der Waals surface area contributed by atoms with E-state index in [1.165, 1.54) is 52.6 Å². The van der Waals surface area contributed by atoms with Crippen molar-refractivity contribution in [2.75, 3.05) is 13.1 Å². The summed E-state index contributed by atoms with van der Waals surface area (Å²) < 4.78 is 39.4. The Labute approximate surface area is 156 Å². The van der Waals surface area contributed by atoms with Crippen molar-refractivity contribution in [3.8, 4) is 0 Å².